The molecule has 2 unspecified atom stereocenters. The number of hydrogen-bond acceptors (Lipinski definition) is 4. The molecule has 2 rings (SSSR count). The van der Waals surface area contributed by atoms with Crippen molar-refractivity contribution in [3.63, 3.8) is 0 Å². The molecule has 24 heavy (non-hydrogen) atoms. The van der Waals surface area contributed by atoms with Gasteiger partial charge < -0.3 is 10.4 Å². The third-order valence-corrected chi connectivity index (χ3v) is 4.44. The van der Waals surface area contributed by atoms with Gasteiger partial charge in [-0.3, -0.25) is 14.6 Å². The smallest absolute Gasteiger partial charge is 0.472 e. The van der Waals surface area contributed by atoms with Gasteiger partial charge in [0.15, 0.2) is 0 Å². The van der Waals surface area contributed by atoms with Crippen LogP contribution in [0.3, 0.4) is 0 Å². The quantitative estimate of drug-likeness (QED) is 0.735. The van der Waals surface area contributed by atoms with Crippen molar-refractivity contribution >= 4 is 11.9 Å². The minimum absolute atomic E-state index is 0.191. The van der Waals surface area contributed by atoms with Crippen LogP contribution in [0.5, 0.6) is 0 Å². The van der Waals surface area contributed by atoms with Gasteiger partial charge in [-0.25, -0.2) is 13.8 Å². The number of nitrogens with one attached hydrogen (secondary N) is 1. The van der Waals surface area contributed by atoms with Gasteiger partial charge in [-0.15, -0.1) is 0 Å². The standard InChI is InChI=1S/C13H18F5N3O3/c1-11(2,10(23)24)3-4-20-8-7(19-6-12(8,14)15)5-21(20)9(22)13(16,17)18/h7-8,19H,3-6H2,1-2H3,(H,23,24). The van der Waals surface area contributed by atoms with E-state index in [2.05, 4.69) is 5.32 Å². The first kappa shape index (κ1) is 18.8. The van der Waals surface area contributed by atoms with Crippen LogP contribution >= 0.6 is 0 Å². The zero-order valence-electron chi connectivity index (χ0n) is 13.0. The molecule has 2 fully saturated rings. The molecule has 0 saturated carbocycles. The lowest BCUT2D eigenvalue weighted by atomic mass is 9.89. The number of alkyl halides is 5. The normalized spacial score (nSPS) is 27.4. The van der Waals surface area contributed by atoms with Crippen molar-refractivity contribution in [2.75, 3.05) is 19.6 Å². The molecule has 11 heteroatoms. The molecule has 0 radical (unpaired) electrons. The molecule has 2 N–H and O–H groups in total. The second kappa shape index (κ2) is 5.80. The van der Waals surface area contributed by atoms with Gasteiger partial charge in [-0.1, -0.05) is 0 Å². The van der Waals surface area contributed by atoms with E-state index in [9.17, 15) is 31.5 Å². The topological polar surface area (TPSA) is 72.9 Å². The molecule has 0 bridgehead atoms. The highest BCUT2D eigenvalue weighted by molar-refractivity contribution is 5.81. The lowest BCUT2D eigenvalue weighted by Crippen LogP contribution is -2.55. The first-order chi connectivity index (χ1) is 10.8. The van der Waals surface area contributed by atoms with Gasteiger partial charge in [0, 0.05) is 12.6 Å². The SMILES string of the molecule is CC(C)(CCN1C2C(CN1C(=O)C(F)(F)F)NCC2(F)F)C(=O)O. The molecule has 0 aromatic heterocycles. The lowest BCUT2D eigenvalue weighted by molar-refractivity contribution is -0.204. The number of nitrogens with zero attached hydrogens (tertiary/aromatic N) is 2. The third-order valence-electron chi connectivity index (χ3n) is 4.44. The van der Waals surface area contributed by atoms with Crippen LogP contribution in [-0.4, -0.2) is 70.8 Å². The average Bonchev–Trinajstić information content (AvgIpc) is 2.93. The van der Waals surface area contributed by atoms with E-state index >= 15 is 0 Å². The summed E-state index contributed by atoms with van der Waals surface area (Å²) in [4.78, 5) is 22.7. The molecule has 1 amide bonds. The van der Waals surface area contributed by atoms with Gasteiger partial charge in [-0.2, -0.15) is 13.2 Å². The summed E-state index contributed by atoms with van der Waals surface area (Å²) in [5.74, 6) is -6.76. The largest absolute Gasteiger partial charge is 0.481 e. The van der Waals surface area contributed by atoms with Crippen LogP contribution in [0.2, 0.25) is 0 Å². The van der Waals surface area contributed by atoms with Gasteiger partial charge in [0.05, 0.1) is 18.5 Å². The van der Waals surface area contributed by atoms with E-state index in [-0.39, 0.29) is 11.4 Å². The fourth-order valence-corrected chi connectivity index (χ4v) is 2.92. The number of hydrogen-bond donors (Lipinski definition) is 2. The van der Waals surface area contributed by atoms with Crippen molar-refractivity contribution in [2.24, 2.45) is 5.41 Å². The summed E-state index contributed by atoms with van der Waals surface area (Å²) in [5.41, 5.74) is -1.33. The summed E-state index contributed by atoms with van der Waals surface area (Å²) < 4.78 is 66.2. The first-order valence-electron chi connectivity index (χ1n) is 7.27. The van der Waals surface area contributed by atoms with Gasteiger partial charge in [-0.05, 0) is 20.3 Å². The highest BCUT2D eigenvalue weighted by Crippen LogP contribution is 2.38. The molecule has 0 aromatic carbocycles. The van der Waals surface area contributed by atoms with Crippen LogP contribution in [-0.2, 0) is 9.59 Å². The molecule has 0 spiro atoms. The van der Waals surface area contributed by atoms with E-state index in [0.29, 0.717) is 5.01 Å². The Morgan fingerprint density at radius 1 is 1.29 bits per heavy atom. The third kappa shape index (κ3) is 3.32. The molecule has 2 aliphatic rings. The maximum Gasteiger partial charge on any atom is 0.472 e. The van der Waals surface area contributed by atoms with Crippen LogP contribution in [0.4, 0.5) is 22.0 Å². The number of fused-ring (bicyclic) bond motifs is 1. The van der Waals surface area contributed by atoms with E-state index < -0.39 is 61.1 Å². The molecule has 0 aromatic rings. The second-order valence-electron chi connectivity index (χ2n) is 6.68. The number of rotatable bonds is 4. The molecular formula is C13H18F5N3O3. The number of hydrazine groups is 1. The Morgan fingerprint density at radius 2 is 1.88 bits per heavy atom. The van der Waals surface area contributed by atoms with E-state index in [0.717, 1.165) is 0 Å². The highest BCUT2D eigenvalue weighted by Gasteiger charge is 2.61. The molecule has 2 atom stereocenters. The monoisotopic (exact) mass is 359 g/mol. The summed E-state index contributed by atoms with van der Waals surface area (Å²) in [5, 5.41) is 12.4. The van der Waals surface area contributed by atoms with Crippen molar-refractivity contribution in [2.45, 2.75) is 44.5 Å². The van der Waals surface area contributed by atoms with E-state index in [1.165, 1.54) is 13.8 Å². The number of aliphatic carboxylic acids is 1. The van der Waals surface area contributed by atoms with Crippen LogP contribution < -0.4 is 5.32 Å². The summed E-state index contributed by atoms with van der Waals surface area (Å²) >= 11 is 0. The Morgan fingerprint density at radius 3 is 2.38 bits per heavy atom. The highest BCUT2D eigenvalue weighted by atomic mass is 19.4. The summed E-state index contributed by atoms with van der Waals surface area (Å²) in [6.07, 6.45) is -5.39. The molecule has 2 heterocycles. The number of carboxylic acids is 1. The second-order valence-corrected chi connectivity index (χ2v) is 6.68. The van der Waals surface area contributed by atoms with Crippen LogP contribution in [0.15, 0.2) is 0 Å². The zero-order chi connectivity index (χ0) is 18.5. The molecule has 6 nitrogen and oxygen atoms in total. The minimum atomic E-state index is -5.20. The molecular weight excluding hydrogens is 341 g/mol. The lowest BCUT2D eigenvalue weighted by Gasteiger charge is -2.35. The van der Waals surface area contributed by atoms with Gasteiger partial charge in [0.2, 0.25) is 0 Å². The fourth-order valence-electron chi connectivity index (χ4n) is 2.92. The number of amides is 1. The predicted molar refractivity (Wildman–Crippen MR) is 71.0 cm³/mol. The van der Waals surface area contributed by atoms with Crippen LogP contribution in [0.25, 0.3) is 0 Å². The molecule has 2 saturated heterocycles. The Bertz CT molecular complexity index is 537. The maximum atomic E-state index is 14.0. The number of carboxylic acid groups (broad SMARTS) is 1. The fraction of sp³-hybridized carbons (Fsp3) is 0.846. The Kier molecular flexibility index (Phi) is 4.55. The van der Waals surface area contributed by atoms with Gasteiger partial charge in [0.1, 0.15) is 6.04 Å². The average molecular weight is 359 g/mol. The number of carbonyl (C=O) groups is 2. The predicted octanol–water partition coefficient (Wildman–Crippen LogP) is 1.08. The number of halogens is 5. The van der Waals surface area contributed by atoms with Crippen LogP contribution in [0, 0.1) is 5.41 Å². The summed E-state index contributed by atoms with van der Waals surface area (Å²) in [6, 6.07) is -2.62. The van der Waals surface area contributed by atoms with Crippen molar-refractivity contribution in [1.82, 2.24) is 15.3 Å². The molecule has 2 aliphatic heterocycles. The minimum Gasteiger partial charge on any atom is -0.481 e. The zero-order valence-corrected chi connectivity index (χ0v) is 13.0. The number of carbonyl (C=O) groups excluding carboxylic acids is 1. The molecule has 138 valence electrons. The van der Waals surface area contributed by atoms with E-state index in [4.69, 9.17) is 5.11 Å². The molecule has 0 aliphatic carbocycles. The van der Waals surface area contributed by atoms with Crippen LogP contribution in [0.1, 0.15) is 20.3 Å². The van der Waals surface area contributed by atoms with Crippen molar-refractivity contribution in [1.29, 1.82) is 0 Å². The van der Waals surface area contributed by atoms with Gasteiger partial charge in [0.25, 0.3) is 5.92 Å². The Labute approximate surface area is 134 Å². The first-order valence-corrected chi connectivity index (χ1v) is 7.27. The van der Waals surface area contributed by atoms with Crippen molar-refractivity contribution in [3.8, 4) is 0 Å². The summed E-state index contributed by atoms with van der Waals surface area (Å²) in [6.45, 7) is 1.04. The van der Waals surface area contributed by atoms with E-state index in [1.807, 2.05) is 0 Å². The Balaban J connectivity index is 2.25. The van der Waals surface area contributed by atoms with Crippen molar-refractivity contribution < 1.29 is 36.6 Å². The summed E-state index contributed by atoms with van der Waals surface area (Å²) in [7, 11) is 0. The van der Waals surface area contributed by atoms with Crippen molar-refractivity contribution in [3.05, 3.63) is 0 Å². The maximum absolute atomic E-state index is 14.0. The van der Waals surface area contributed by atoms with E-state index in [1.54, 1.807) is 0 Å². The van der Waals surface area contributed by atoms with Gasteiger partial charge >= 0.3 is 18.1 Å². The Hall–Kier alpha value is -1.49.